The normalized spacial score (nSPS) is 20.5. The molecule has 2 rings (SSSR count). The van der Waals surface area contributed by atoms with Crippen molar-refractivity contribution >= 4 is 5.82 Å². The molecule has 1 aromatic heterocycles. The summed E-state index contributed by atoms with van der Waals surface area (Å²) in [5.74, 6) is 0.466. The summed E-state index contributed by atoms with van der Waals surface area (Å²) in [6.45, 7) is 4.54. The van der Waals surface area contributed by atoms with Gasteiger partial charge in [0, 0.05) is 31.5 Å². The number of aromatic nitrogens is 2. The van der Waals surface area contributed by atoms with Crippen molar-refractivity contribution in [3.8, 4) is 0 Å². The fraction of sp³-hybridized carbons (Fsp3) is 0.600. The van der Waals surface area contributed by atoms with Crippen molar-refractivity contribution < 1.29 is 0 Å². The Morgan fingerprint density at radius 1 is 1.73 bits per heavy atom. The third-order valence-corrected chi connectivity index (χ3v) is 2.66. The van der Waals surface area contributed by atoms with Crippen LogP contribution in [-0.4, -0.2) is 28.7 Å². The molecule has 0 bridgehead atoms. The summed E-state index contributed by atoms with van der Waals surface area (Å²) in [6, 6.07) is 0.331. The van der Waals surface area contributed by atoms with Crippen molar-refractivity contribution in [2.45, 2.75) is 25.9 Å². The second-order valence-electron chi connectivity index (χ2n) is 3.70. The van der Waals surface area contributed by atoms with E-state index in [-0.39, 0.29) is 5.56 Å². The molecule has 0 amide bonds. The van der Waals surface area contributed by atoms with Gasteiger partial charge in [0.1, 0.15) is 0 Å². The van der Waals surface area contributed by atoms with Gasteiger partial charge in [0.15, 0.2) is 5.82 Å². The van der Waals surface area contributed by atoms with E-state index in [2.05, 4.69) is 15.6 Å². The van der Waals surface area contributed by atoms with Crippen LogP contribution in [0.4, 0.5) is 5.82 Å². The van der Waals surface area contributed by atoms with E-state index in [1.165, 1.54) is 0 Å². The summed E-state index contributed by atoms with van der Waals surface area (Å²) in [7, 11) is 0. The highest BCUT2D eigenvalue weighted by Gasteiger charge is 2.15. The Hall–Kier alpha value is -1.36. The summed E-state index contributed by atoms with van der Waals surface area (Å²) in [6.07, 6.45) is 4.41. The predicted molar refractivity (Wildman–Crippen MR) is 59.1 cm³/mol. The largest absolute Gasteiger partial charge is 0.361 e. The number of nitrogens with zero attached hydrogens (tertiary/aromatic N) is 2. The van der Waals surface area contributed by atoms with Gasteiger partial charge >= 0.3 is 0 Å². The van der Waals surface area contributed by atoms with E-state index < -0.39 is 0 Å². The van der Waals surface area contributed by atoms with Crippen LogP contribution in [0.15, 0.2) is 17.2 Å². The molecule has 82 valence electrons. The van der Waals surface area contributed by atoms with Gasteiger partial charge in [0.2, 0.25) is 0 Å². The lowest BCUT2D eigenvalue weighted by Gasteiger charge is -2.12. The number of hydrogen-bond acceptors (Lipinski definition) is 4. The van der Waals surface area contributed by atoms with Gasteiger partial charge in [-0.25, -0.2) is 4.98 Å². The van der Waals surface area contributed by atoms with Crippen LogP contribution in [-0.2, 0) is 6.54 Å². The second-order valence-corrected chi connectivity index (χ2v) is 3.70. The topological polar surface area (TPSA) is 59.0 Å². The highest BCUT2D eigenvalue weighted by Crippen LogP contribution is 2.03. The first kappa shape index (κ1) is 10.2. The predicted octanol–water partition coefficient (Wildman–Crippen LogP) is 0.0370. The average molecular weight is 208 g/mol. The minimum absolute atomic E-state index is 0.0353. The minimum Gasteiger partial charge on any atom is -0.361 e. The first-order valence-corrected chi connectivity index (χ1v) is 5.34. The van der Waals surface area contributed by atoms with Gasteiger partial charge in [0.05, 0.1) is 0 Å². The molecule has 1 saturated heterocycles. The summed E-state index contributed by atoms with van der Waals surface area (Å²) < 4.78 is 1.65. The van der Waals surface area contributed by atoms with Gasteiger partial charge in [-0.05, 0) is 19.9 Å². The monoisotopic (exact) mass is 208 g/mol. The van der Waals surface area contributed by atoms with E-state index in [4.69, 9.17) is 0 Å². The summed E-state index contributed by atoms with van der Waals surface area (Å²) in [5.41, 5.74) is -0.0353. The number of rotatable bonds is 3. The van der Waals surface area contributed by atoms with Crippen LogP contribution in [0.5, 0.6) is 0 Å². The Bertz CT molecular complexity index is 381. The Morgan fingerprint density at radius 2 is 2.60 bits per heavy atom. The van der Waals surface area contributed by atoms with E-state index in [1.807, 2.05) is 6.92 Å². The molecule has 0 spiro atoms. The molecule has 1 aromatic rings. The van der Waals surface area contributed by atoms with Gasteiger partial charge in [-0.2, -0.15) is 0 Å². The molecule has 2 N–H and O–H groups in total. The molecule has 0 aromatic carbocycles. The van der Waals surface area contributed by atoms with Crippen LogP contribution in [0, 0.1) is 0 Å². The SMILES string of the molecule is CCn1ccnc(NC2CCNC2)c1=O. The molecule has 5 heteroatoms. The summed E-state index contributed by atoms with van der Waals surface area (Å²) in [5, 5.41) is 6.42. The van der Waals surface area contributed by atoms with Crippen LogP contribution in [0.1, 0.15) is 13.3 Å². The van der Waals surface area contributed by atoms with Crippen molar-refractivity contribution in [2.24, 2.45) is 0 Å². The van der Waals surface area contributed by atoms with Crippen LogP contribution in [0.2, 0.25) is 0 Å². The fourth-order valence-electron chi connectivity index (χ4n) is 1.77. The molecule has 2 heterocycles. The quantitative estimate of drug-likeness (QED) is 0.736. The van der Waals surface area contributed by atoms with E-state index in [9.17, 15) is 4.79 Å². The average Bonchev–Trinajstić information content (AvgIpc) is 2.74. The molecule has 1 unspecified atom stereocenters. The zero-order valence-electron chi connectivity index (χ0n) is 8.86. The molecule has 1 aliphatic rings. The standard InChI is InChI=1S/C10H16N4O/c1-2-14-6-5-12-9(10(14)15)13-8-3-4-11-7-8/h5-6,8,11H,2-4,7H2,1H3,(H,12,13). The Morgan fingerprint density at radius 3 is 3.27 bits per heavy atom. The zero-order chi connectivity index (χ0) is 10.7. The Labute approximate surface area is 88.5 Å². The van der Waals surface area contributed by atoms with Crippen molar-refractivity contribution in [2.75, 3.05) is 18.4 Å². The number of aryl methyl sites for hydroxylation is 1. The van der Waals surface area contributed by atoms with Crippen LogP contribution in [0.3, 0.4) is 0 Å². The Kier molecular flexibility index (Phi) is 3.01. The van der Waals surface area contributed by atoms with Crippen LogP contribution in [0.25, 0.3) is 0 Å². The van der Waals surface area contributed by atoms with E-state index >= 15 is 0 Å². The molecule has 0 saturated carbocycles. The number of nitrogens with one attached hydrogen (secondary N) is 2. The van der Waals surface area contributed by atoms with Crippen molar-refractivity contribution in [1.29, 1.82) is 0 Å². The van der Waals surface area contributed by atoms with E-state index in [1.54, 1.807) is 17.0 Å². The fourth-order valence-corrected chi connectivity index (χ4v) is 1.77. The molecule has 1 aliphatic heterocycles. The lowest BCUT2D eigenvalue weighted by atomic mass is 10.2. The highest BCUT2D eigenvalue weighted by molar-refractivity contribution is 5.32. The Balaban J connectivity index is 2.17. The molecule has 15 heavy (non-hydrogen) atoms. The lowest BCUT2D eigenvalue weighted by Crippen LogP contribution is -2.30. The summed E-state index contributed by atoms with van der Waals surface area (Å²) in [4.78, 5) is 15.9. The third-order valence-electron chi connectivity index (χ3n) is 2.66. The minimum atomic E-state index is -0.0353. The van der Waals surface area contributed by atoms with Gasteiger partial charge in [0.25, 0.3) is 5.56 Å². The van der Waals surface area contributed by atoms with Crippen molar-refractivity contribution in [3.05, 3.63) is 22.7 Å². The smallest absolute Gasteiger partial charge is 0.293 e. The van der Waals surface area contributed by atoms with Gasteiger partial charge < -0.3 is 15.2 Å². The van der Waals surface area contributed by atoms with E-state index in [0.29, 0.717) is 18.4 Å². The van der Waals surface area contributed by atoms with Gasteiger partial charge in [-0.3, -0.25) is 4.79 Å². The molecule has 1 fully saturated rings. The lowest BCUT2D eigenvalue weighted by molar-refractivity contribution is 0.709. The molecule has 0 radical (unpaired) electrons. The van der Waals surface area contributed by atoms with Crippen LogP contribution < -0.4 is 16.2 Å². The van der Waals surface area contributed by atoms with Gasteiger partial charge in [-0.1, -0.05) is 0 Å². The number of hydrogen-bond donors (Lipinski definition) is 2. The number of anilines is 1. The van der Waals surface area contributed by atoms with Crippen molar-refractivity contribution in [1.82, 2.24) is 14.9 Å². The maximum atomic E-state index is 11.8. The maximum Gasteiger partial charge on any atom is 0.293 e. The molecule has 0 aliphatic carbocycles. The highest BCUT2D eigenvalue weighted by atomic mass is 16.1. The van der Waals surface area contributed by atoms with Crippen LogP contribution >= 0.6 is 0 Å². The third kappa shape index (κ3) is 2.18. The summed E-state index contributed by atoms with van der Waals surface area (Å²) >= 11 is 0. The second kappa shape index (κ2) is 4.44. The van der Waals surface area contributed by atoms with Gasteiger partial charge in [-0.15, -0.1) is 0 Å². The van der Waals surface area contributed by atoms with Crippen molar-refractivity contribution in [3.63, 3.8) is 0 Å². The molecular formula is C10H16N4O. The maximum absolute atomic E-state index is 11.8. The van der Waals surface area contributed by atoms with E-state index in [0.717, 1.165) is 19.5 Å². The molecule has 5 nitrogen and oxygen atoms in total. The zero-order valence-corrected chi connectivity index (χ0v) is 8.86. The first-order valence-electron chi connectivity index (χ1n) is 5.34. The molecular weight excluding hydrogens is 192 g/mol. The first-order chi connectivity index (χ1) is 7.31. The molecule has 1 atom stereocenters.